The first-order chi connectivity index (χ1) is 12.2. The minimum atomic E-state index is -0.784. The molecule has 3 aromatic rings. The summed E-state index contributed by atoms with van der Waals surface area (Å²) in [5.41, 5.74) is 4.06. The molecule has 0 aliphatic carbocycles. The highest BCUT2D eigenvalue weighted by molar-refractivity contribution is 5.67. The van der Waals surface area contributed by atoms with Crippen molar-refractivity contribution >= 4 is 5.97 Å². The predicted molar refractivity (Wildman–Crippen MR) is 96.4 cm³/mol. The van der Waals surface area contributed by atoms with Gasteiger partial charge in [0.25, 0.3) is 0 Å². The van der Waals surface area contributed by atoms with Gasteiger partial charge in [-0.15, -0.1) is 0 Å². The van der Waals surface area contributed by atoms with Crippen LogP contribution in [-0.4, -0.2) is 16.1 Å². The number of aromatic nitrogens is 1. The first-order valence-electron chi connectivity index (χ1n) is 8.14. The van der Waals surface area contributed by atoms with Crippen LogP contribution in [0.4, 0.5) is 0 Å². The Kier molecular flexibility index (Phi) is 5.42. The number of rotatable bonds is 7. The molecule has 0 aliphatic heterocycles. The minimum Gasteiger partial charge on any atom is -0.489 e. The number of carboxylic acids is 1. The number of nitrogens with zero attached hydrogens (tertiary/aromatic N) is 1. The van der Waals surface area contributed by atoms with E-state index in [4.69, 9.17) is 9.84 Å². The Morgan fingerprint density at radius 2 is 1.80 bits per heavy atom. The second-order valence-corrected chi connectivity index (χ2v) is 5.74. The van der Waals surface area contributed by atoms with Gasteiger partial charge in [-0.2, -0.15) is 0 Å². The first-order valence-corrected chi connectivity index (χ1v) is 8.14. The molecule has 0 saturated heterocycles. The molecule has 0 unspecified atom stereocenters. The molecule has 0 aliphatic rings. The van der Waals surface area contributed by atoms with E-state index in [0.29, 0.717) is 13.0 Å². The molecule has 0 saturated carbocycles. The van der Waals surface area contributed by atoms with Gasteiger partial charge in [-0.25, -0.2) is 0 Å². The third-order valence-corrected chi connectivity index (χ3v) is 3.84. The molecule has 0 amide bonds. The lowest BCUT2D eigenvalue weighted by molar-refractivity contribution is -0.136. The molecule has 1 aromatic heterocycles. The van der Waals surface area contributed by atoms with Crippen LogP contribution in [0.25, 0.3) is 11.3 Å². The number of benzene rings is 2. The summed E-state index contributed by atoms with van der Waals surface area (Å²) in [6.07, 6.45) is 2.45. The van der Waals surface area contributed by atoms with Gasteiger partial charge in [-0.3, -0.25) is 9.78 Å². The largest absolute Gasteiger partial charge is 0.489 e. The second kappa shape index (κ2) is 8.11. The van der Waals surface area contributed by atoms with Crippen LogP contribution >= 0.6 is 0 Å². The third kappa shape index (κ3) is 4.91. The van der Waals surface area contributed by atoms with Crippen molar-refractivity contribution in [2.24, 2.45) is 0 Å². The molecule has 4 nitrogen and oxygen atoms in total. The van der Waals surface area contributed by atoms with E-state index < -0.39 is 5.97 Å². The number of hydrogen-bond acceptors (Lipinski definition) is 3. The predicted octanol–water partition coefficient (Wildman–Crippen LogP) is 4.34. The van der Waals surface area contributed by atoms with Gasteiger partial charge in [-0.05, 0) is 47.9 Å². The van der Waals surface area contributed by atoms with E-state index in [1.165, 1.54) is 0 Å². The van der Waals surface area contributed by atoms with Crippen molar-refractivity contribution in [3.8, 4) is 17.0 Å². The first kappa shape index (κ1) is 16.7. The van der Waals surface area contributed by atoms with E-state index in [-0.39, 0.29) is 6.42 Å². The van der Waals surface area contributed by atoms with Crippen LogP contribution in [0.15, 0.2) is 72.9 Å². The summed E-state index contributed by atoms with van der Waals surface area (Å²) in [4.78, 5) is 15.0. The van der Waals surface area contributed by atoms with E-state index in [9.17, 15) is 4.79 Å². The van der Waals surface area contributed by atoms with Crippen LogP contribution in [0.5, 0.6) is 5.75 Å². The quantitative estimate of drug-likeness (QED) is 0.698. The van der Waals surface area contributed by atoms with Gasteiger partial charge in [0.2, 0.25) is 0 Å². The smallest absolute Gasteiger partial charge is 0.303 e. The Bertz CT molecular complexity index is 829. The zero-order valence-corrected chi connectivity index (χ0v) is 13.8. The zero-order valence-electron chi connectivity index (χ0n) is 13.8. The molecular weight excluding hydrogens is 314 g/mol. The summed E-state index contributed by atoms with van der Waals surface area (Å²) in [6.45, 7) is 0.467. The molecule has 25 heavy (non-hydrogen) atoms. The minimum absolute atomic E-state index is 0.139. The average molecular weight is 333 g/mol. The third-order valence-electron chi connectivity index (χ3n) is 3.84. The summed E-state index contributed by atoms with van der Waals surface area (Å²) in [6, 6.07) is 21.5. The van der Waals surface area contributed by atoms with Crippen LogP contribution in [0.2, 0.25) is 0 Å². The summed E-state index contributed by atoms with van der Waals surface area (Å²) in [5, 5.41) is 8.72. The number of aliphatic carboxylic acids is 1. The molecule has 126 valence electrons. The summed E-state index contributed by atoms with van der Waals surface area (Å²) < 4.78 is 5.83. The van der Waals surface area contributed by atoms with Crippen molar-refractivity contribution in [1.82, 2.24) is 4.98 Å². The lowest BCUT2D eigenvalue weighted by Gasteiger charge is -2.09. The molecule has 0 atom stereocenters. The fourth-order valence-electron chi connectivity index (χ4n) is 2.52. The van der Waals surface area contributed by atoms with E-state index in [0.717, 1.165) is 28.1 Å². The van der Waals surface area contributed by atoms with Crippen molar-refractivity contribution < 1.29 is 14.6 Å². The maximum Gasteiger partial charge on any atom is 0.303 e. The fourth-order valence-corrected chi connectivity index (χ4v) is 2.52. The number of pyridine rings is 1. The highest BCUT2D eigenvalue weighted by Crippen LogP contribution is 2.20. The van der Waals surface area contributed by atoms with Gasteiger partial charge in [0.05, 0.1) is 5.69 Å². The van der Waals surface area contributed by atoms with Crippen LogP contribution in [0.1, 0.15) is 17.5 Å². The molecule has 1 N–H and O–H groups in total. The van der Waals surface area contributed by atoms with Crippen LogP contribution in [-0.2, 0) is 17.8 Å². The molecule has 0 radical (unpaired) electrons. The fraction of sp³-hybridized carbons (Fsp3) is 0.143. The maximum absolute atomic E-state index is 10.6. The SMILES string of the molecule is O=C(O)CCc1ccc(OCc2cccc(-c3ccccn3)c2)cc1. The van der Waals surface area contributed by atoms with Crippen molar-refractivity contribution in [1.29, 1.82) is 0 Å². The molecule has 4 heteroatoms. The maximum atomic E-state index is 10.6. The van der Waals surface area contributed by atoms with Crippen molar-refractivity contribution in [3.05, 3.63) is 84.1 Å². The molecule has 1 heterocycles. The molecule has 0 bridgehead atoms. The Labute approximate surface area is 146 Å². The number of carbonyl (C=O) groups is 1. The highest BCUT2D eigenvalue weighted by Gasteiger charge is 2.03. The van der Waals surface area contributed by atoms with Gasteiger partial charge in [0.1, 0.15) is 12.4 Å². The van der Waals surface area contributed by atoms with Crippen LogP contribution in [0.3, 0.4) is 0 Å². The number of aryl methyl sites for hydroxylation is 1. The number of hydrogen-bond donors (Lipinski definition) is 1. The lowest BCUT2D eigenvalue weighted by atomic mass is 10.1. The average Bonchev–Trinajstić information content (AvgIpc) is 2.66. The Hall–Kier alpha value is -3.14. The van der Waals surface area contributed by atoms with E-state index in [1.54, 1.807) is 6.20 Å². The summed E-state index contributed by atoms with van der Waals surface area (Å²) >= 11 is 0. The topological polar surface area (TPSA) is 59.4 Å². The number of ether oxygens (including phenoxy) is 1. The summed E-state index contributed by atoms with van der Waals surface area (Å²) in [7, 11) is 0. The Balaban J connectivity index is 1.61. The highest BCUT2D eigenvalue weighted by atomic mass is 16.5. The monoisotopic (exact) mass is 333 g/mol. The molecule has 2 aromatic carbocycles. The second-order valence-electron chi connectivity index (χ2n) is 5.74. The summed E-state index contributed by atoms with van der Waals surface area (Å²) in [5.74, 6) is -0.0181. The zero-order chi connectivity index (χ0) is 17.5. The van der Waals surface area contributed by atoms with E-state index >= 15 is 0 Å². The lowest BCUT2D eigenvalue weighted by Crippen LogP contribution is -1.98. The van der Waals surface area contributed by atoms with Crippen molar-refractivity contribution in [2.45, 2.75) is 19.4 Å². The van der Waals surface area contributed by atoms with Crippen molar-refractivity contribution in [2.75, 3.05) is 0 Å². The molecule has 0 fully saturated rings. The van der Waals surface area contributed by atoms with Crippen LogP contribution < -0.4 is 4.74 Å². The van der Waals surface area contributed by atoms with Crippen molar-refractivity contribution in [3.63, 3.8) is 0 Å². The van der Waals surface area contributed by atoms with Gasteiger partial charge in [0, 0.05) is 18.2 Å². The van der Waals surface area contributed by atoms with E-state index in [1.807, 2.05) is 60.7 Å². The number of carboxylic acid groups (broad SMARTS) is 1. The van der Waals surface area contributed by atoms with Gasteiger partial charge >= 0.3 is 5.97 Å². The molecular formula is C21H19NO3. The Morgan fingerprint density at radius 1 is 0.960 bits per heavy atom. The normalized spacial score (nSPS) is 10.4. The Morgan fingerprint density at radius 3 is 2.52 bits per heavy atom. The van der Waals surface area contributed by atoms with Gasteiger partial charge < -0.3 is 9.84 Å². The van der Waals surface area contributed by atoms with E-state index in [2.05, 4.69) is 11.1 Å². The van der Waals surface area contributed by atoms with Crippen LogP contribution in [0, 0.1) is 0 Å². The molecule has 3 rings (SSSR count). The standard InChI is InChI=1S/C21H19NO3/c23-21(24)12-9-16-7-10-19(11-8-16)25-15-17-4-3-5-18(14-17)20-6-1-2-13-22-20/h1-8,10-11,13-14H,9,12,15H2,(H,23,24). The van der Waals surface area contributed by atoms with Gasteiger partial charge in [-0.1, -0.05) is 36.4 Å². The van der Waals surface area contributed by atoms with Gasteiger partial charge in [0.15, 0.2) is 0 Å². The molecule has 0 spiro atoms.